The number of benzene rings is 2. The monoisotopic (exact) mass is 435 g/mol. The lowest BCUT2D eigenvalue weighted by Crippen LogP contribution is -2.44. The van der Waals surface area contributed by atoms with E-state index >= 15 is 0 Å². The van der Waals surface area contributed by atoms with Crippen LogP contribution in [0, 0.1) is 6.92 Å². The van der Waals surface area contributed by atoms with Gasteiger partial charge in [0.15, 0.2) is 5.11 Å². The third kappa shape index (κ3) is 5.32. The molecule has 2 aromatic carbocycles. The molecule has 1 aromatic heterocycles. The summed E-state index contributed by atoms with van der Waals surface area (Å²) in [5.41, 5.74) is 3.77. The van der Waals surface area contributed by atoms with Crippen LogP contribution < -0.4 is 10.9 Å². The quantitative estimate of drug-likeness (QED) is 0.560. The lowest BCUT2D eigenvalue weighted by molar-refractivity contribution is 0.0895. The number of nitrogens with zero attached hydrogens (tertiary/aromatic N) is 1. The van der Waals surface area contributed by atoms with Gasteiger partial charge >= 0.3 is 0 Å². The minimum Gasteiger partial charge on any atom is -0.376 e. The van der Waals surface area contributed by atoms with E-state index in [2.05, 4.69) is 40.3 Å². The number of aromatic nitrogens is 1. The zero-order chi connectivity index (χ0) is 21.8. The number of rotatable bonds is 6. The molecular formula is C25H29N3O2S. The first-order valence-electron chi connectivity index (χ1n) is 10.8. The lowest BCUT2D eigenvalue weighted by atomic mass is 10.1. The molecule has 2 heterocycles. The fourth-order valence-electron chi connectivity index (χ4n) is 4.04. The molecule has 2 atom stereocenters. The predicted molar refractivity (Wildman–Crippen MR) is 129 cm³/mol. The van der Waals surface area contributed by atoms with Gasteiger partial charge in [0.25, 0.3) is 5.56 Å². The lowest BCUT2D eigenvalue weighted by Gasteiger charge is -2.30. The standard InChI is InChI=1S/C25H29N3O2S/c1-17-10-11-20-14-21(24(29)27-23(20)13-17)15-28(16-22-9-6-12-30-22)25(31)26-18(2)19-7-4-3-5-8-19/h3-5,7-8,10-11,13-14,18,22H,6,9,12,15-16H2,1-2H3,(H,26,31)(H,27,29)/t18-,22+/m0/s1. The maximum absolute atomic E-state index is 12.8. The van der Waals surface area contributed by atoms with E-state index in [1.165, 1.54) is 5.56 Å². The molecule has 1 aliphatic rings. The van der Waals surface area contributed by atoms with E-state index in [9.17, 15) is 4.79 Å². The van der Waals surface area contributed by atoms with Gasteiger partial charge in [0, 0.05) is 24.2 Å². The molecule has 0 amide bonds. The van der Waals surface area contributed by atoms with Crippen molar-refractivity contribution in [2.24, 2.45) is 0 Å². The van der Waals surface area contributed by atoms with Crippen LogP contribution in [-0.2, 0) is 11.3 Å². The number of nitrogens with one attached hydrogen (secondary N) is 2. The molecule has 0 spiro atoms. The maximum Gasteiger partial charge on any atom is 0.253 e. The SMILES string of the molecule is Cc1ccc2cc(CN(C[C@H]3CCCO3)C(=S)N[C@@H](C)c3ccccc3)c(=O)[nH]c2c1. The number of fused-ring (bicyclic) bond motifs is 1. The molecule has 31 heavy (non-hydrogen) atoms. The summed E-state index contributed by atoms with van der Waals surface area (Å²) >= 11 is 5.79. The fraction of sp³-hybridized carbons (Fsp3) is 0.360. The van der Waals surface area contributed by atoms with Gasteiger partial charge in [0.2, 0.25) is 0 Å². The number of thiocarbonyl (C=S) groups is 1. The van der Waals surface area contributed by atoms with Crippen LogP contribution in [0.5, 0.6) is 0 Å². The number of H-pyrrole nitrogens is 1. The summed E-state index contributed by atoms with van der Waals surface area (Å²) in [5.74, 6) is 0. The first-order chi connectivity index (χ1) is 15.0. The van der Waals surface area contributed by atoms with Gasteiger partial charge in [0.1, 0.15) is 0 Å². The Balaban J connectivity index is 1.56. The van der Waals surface area contributed by atoms with E-state index in [1.807, 2.05) is 43.3 Å². The molecule has 3 aromatic rings. The van der Waals surface area contributed by atoms with Gasteiger partial charge in [-0.15, -0.1) is 0 Å². The van der Waals surface area contributed by atoms with Crippen molar-refractivity contribution in [3.8, 4) is 0 Å². The molecule has 6 heteroatoms. The van der Waals surface area contributed by atoms with Crippen LogP contribution in [0.3, 0.4) is 0 Å². The van der Waals surface area contributed by atoms with Crippen molar-refractivity contribution in [2.75, 3.05) is 13.2 Å². The second kappa shape index (κ2) is 9.62. The average molecular weight is 436 g/mol. The highest BCUT2D eigenvalue weighted by Crippen LogP contribution is 2.18. The summed E-state index contributed by atoms with van der Waals surface area (Å²) in [5, 5.41) is 5.10. The van der Waals surface area contributed by atoms with Crippen molar-refractivity contribution in [3.63, 3.8) is 0 Å². The average Bonchev–Trinajstić information content (AvgIpc) is 3.27. The van der Waals surface area contributed by atoms with Crippen molar-refractivity contribution in [2.45, 2.75) is 45.4 Å². The molecule has 2 N–H and O–H groups in total. The van der Waals surface area contributed by atoms with Gasteiger partial charge in [0.05, 0.1) is 18.7 Å². The molecule has 4 rings (SSSR count). The van der Waals surface area contributed by atoms with Crippen molar-refractivity contribution in [1.82, 2.24) is 15.2 Å². The molecular weight excluding hydrogens is 406 g/mol. The van der Waals surface area contributed by atoms with E-state index in [0.717, 1.165) is 35.9 Å². The van der Waals surface area contributed by atoms with E-state index in [1.54, 1.807) is 0 Å². The number of ether oxygens (including phenoxy) is 1. The first-order valence-corrected chi connectivity index (χ1v) is 11.2. The molecule has 1 fully saturated rings. The van der Waals surface area contributed by atoms with Gasteiger partial charge in [-0.2, -0.15) is 0 Å². The van der Waals surface area contributed by atoms with Crippen LogP contribution in [-0.4, -0.2) is 34.3 Å². The number of aryl methyl sites for hydroxylation is 1. The van der Waals surface area contributed by atoms with Crippen LogP contribution in [0.25, 0.3) is 10.9 Å². The minimum atomic E-state index is -0.0747. The van der Waals surface area contributed by atoms with Crippen LogP contribution >= 0.6 is 12.2 Å². The van der Waals surface area contributed by atoms with E-state index in [4.69, 9.17) is 17.0 Å². The number of hydrogen-bond acceptors (Lipinski definition) is 3. The van der Waals surface area contributed by atoms with Gasteiger partial charge in [-0.05, 0) is 67.6 Å². The highest BCUT2D eigenvalue weighted by atomic mass is 32.1. The highest BCUT2D eigenvalue weighted by Gasteiger charge is 2.23. The van der Waals surface area contributed by atoms with Crippen LogP contribution in [0.15, 0.2) is 59.4 Å². The third-order valence-electron chi connectivity index (χ3n) is 5.81. The minimum absolute atomic E-state index is 0.0681. The van der Waals surface area contributed by atoms with Crippen molar-refractivity contribution >= 4 is 28.2 Å². The number of hydrogen-bond donors (Lipinski definition) is 2. The normalized spacial score (nSPS) is 16.9. The summed E-state index contributed by atoms with van der Waals surface area (Å²) in [6, 6.07) is 18.4. The van der Waals surface area contributed by atoms with Crippen molar-refractivity contribution in [3.05, 3.63) is 81.6 Å². The summed E-state index contributed by atoms with van der Waals surface area (Å²) < 4.78 is 5.86. The summed E-state index contributed by atoms with van der Waals surface area (Å²) in [7, 11) is 0. The molecule has 162 valence electrons. The topological polar surface area (TPSA) is 57.4 Å². The predicted octanol–water partition coefficient (Wildman–Crippen LogP) is 4.45. The Kier molecular flexibility index (Phi) is 6.68. The van der Waals surface area contributed by atoms with Crippen molar-refractivity contribution in [1.29, 1.82) is 0 Å². The summed E-state index contributed by atoms with van der Waals surface area (Å²) in [4.78, 5) is 17.9. The van der Waals surface area contributed by atoms with Crippen LogP contribution in [0.2, 0.25) is 0 Å². The molecule has 5 nitrogen and oxygen atoms in total. The molecule has 1 aliphatic heterocycles. The van der Waals surface area contributed by atoms with E-state index < -0.39 is 0 Å². The first kappa shape index (κ1) is 21.5. The van der Waals surface area contributed by atoms with Crippen LogP contribution in [0.4, 0.5) is 0 Å². The van der Waals surface area contributed by atoms with E-state index in [-0.39, 0.29) is 17.7 Å². The maximum atomic E-state index is 12.8. The Morgan fingerprint density at radius 1 is 1.26 bits per heavy atom. The molecule has 1 saturated heterocycles. The second-order valence-corrected chi connectivity index (χ2v) is 8.70. The van der Waals surface area contributed by atoms with Gasteiger partial charge < -0.3 is 19.9 Å². The number of aromatic amines is 1. The third-order valence-corrected chi connectivity index (χ3v) is 6.19. The fourth-order valence-corrected chi connectivity index (χ4v) is 4.35. The van der Waals surface area contributed by atoms with Gasteiger partial charge in [-0.1, -0.05) is 42.5 Å². The van der Waals surface area contributed by atoms with E-state index in [0.29, 0.717) is 23.8 Å². The highest BCUT2D eigenvalue weighted by molar-refractivity contribution is 7.80. The Morgan fingerprint density at radius 3 is 2.81 bits per heavy atom. The molecule has 0 bridgehead atoms. The molecule has 0 radical (unpaired) electrons. The van der Waals surface area contributed by atoms with Crippen molar-refractivity contribution < 1.29 is 4.74 Å². The summed E-state index contributed by atoms with van der Waals surface area (Å²) in [6.45, 7) is 6.00. The zero-order valence-electron chi connectivity index (χ0n) is 18.1. The molecule has 0 saturated carbocycles. The largest absolute Gasteiger partial charge is 0.376 e. The van der Waals surface area contributed by atoms with Gasteiger partial charge in [-0.3, -0.25) is 4.79 Å². The molecule has 0 aliphatic carbocycles. The molecule has 0 unspecified atom stereocenters. The Morgan fingerprint density at radius 2 is 2.06 bits per heavy atom. The zero-order valence-corrected chi connectivity index (χ0v) is 18.9. The smallest absolute Gasteiger partial charge is 0.253 e. The van der Waals surface area contributed by atoms with Crippen LogP contribution in [0.1, 0.15) is 42.5 Å². The Bertz CT molecular complexity index is 1110. The Labute approximate surface area is 188 Å². The summed E-state index contributed by atoms with van der Waals surface area (Å²) in [6.07, 6.45) is 2.21. The van der Waals surface area contributed by atoms with Gasteiger partial charge in [-0.25, -0.2) is 0 Å². The second-order valence-electron chi connectivity index (χ2n) is 8.31. The number of pyridine rings is 1. The Hall–Kier alpha value is -2.70.